The third kappa shape index (κ3) is 15.6. The van der Waals surface area contributed by atoms with Gasteiger partial charge in [-0.25, -0.2) is 0 Å². The average Bonchev–Trinajstić information content (AvgIpc) is 2.41. The van der Waals surface area contributed by atoms with Crippen LogP contribution in [0.2, 0.25) is 0 Å². The smallest absolute Gasteiger partial charge is 0.154 e. The summed E-state index contributed by atoms with van der Waals surface area (Å²) < 4.78 is 5.38. The second-order valence-electron chi connectivity index (χ2n) is 5.28. The minimum atomic E-state index is -0.560. The lowest BCUT2D eigenvalue weighted by Gasteiger charge is -2.10. The molecular weight excluding hydrogens is 236 g/mol. The molecule has 0 spiro atoms. The second-order valence-corrected chi connectivity index (χ2v) is 5.28. The van der Waals surface area contributed by atoms with Crippen LogP contribution in [-0.4, -0.2) is 18.0 Å². The molecule has 0 saturated heterocycles. The van der Waals surface area contributed by atoms with Crippen LogP contribution in [0.4, 0.5) is 0 Å². The Morgan fingerprint density at radius 1 is 0.842 bits per heavy atom. The molecule has 0 rings (SSSR count). The van der Waals surface area contributed by atoms with E-state index in [0.717, 1.165) is 19.3 Å². The molecule has 0 bridgehead atoms. The molecule has 0 aromatic heterocycles. The summed E-state index contributed by atoms with van der Waals surface area (Å²) in [5, 5.41) is 9.63. The molecule has 2 nitrogen and oxygen atoms in total. The third-order valence-electron chi connectivity index (χ3n) is 3.29. The van der Waals surface area contributed by atoms with Crippen LogP contribution in [0.15, 0.2) is 12.2 Å². The second kappa shape index (κ2) is 15.7. The summed E-state index contributed by atoms with van der Waals surface area (Å²) >= 11 is 0. The summed E-state index contributed by atoms with van der Waals surface area (Å²) in [6.07, 6.45) is 16.7. The Hall–Kier alpha value is -0.340. The maximum absolute atomic E-state index is 9.63. The van der Waals surface area contributed by atoms with Crippen molar-refractivity contribution >= 4 is 0 Å². The van der Waals surface area contributed by atoms with E-state index in [4.69, 9.17) is 4.74 Å². The van der Waals surface area contributed by atoms with Gasteiger partial charge in [-0.15, -0.1) is 0 Å². The molecule has 0 radical (unpaired) electrons. The Balaban J connectivity index is 3.21. The Morgan fingerprint density at radius 3 is 2.21 bits per heavy atom. The molecule has 0 fully saturated rings. The van der Waals surface area contributed by atoms with E-state index in [-0.39, 0.29) is 0 Å². The number of hydrogen-bond acceptors (Lipinski definition) is 2. The quantitative estimate of drug-likeness (QED) is 0.267. The van der Waals surface area contributed by atoms with Gasteiger partial charge in [0.2, 0.25) is 0 Å². The van der Waals surface area contributed by atoms with Crippen LogP contribution in [-0.2, 0) is 4.74 Å². The van der Waals surface area contributed by atoms with Gasteiger partial charge in [0.15, 0.2) is 6.29 Å². The molecule has 0 heterocycles. The van der Waals surface area contributed by atoms with Crippen molar-refractivity contribution in [3.8, 4) is 0 Å². The Bertz CT molecular complexity index is 190. The predicted octanol–water partition coefficient (Wildman–Crippen LogP) is 5.21. The minimum absolute atomic E-state index is 0.560. The molecule has 0 amide bonds. The molecule has 1 N–H and O–H groups in total. The van der Waals surface area contributed by atoms with Crippen molar-refractivity contribution in [1.29, 1.82) is 0 Å². The fourth-order valence-corrected chi connectivity index (χ4v) is 2.03. The van der Waals surface area contributed by atoms with E-state index in [9.17, 15) is 5.11 Å². The first-order valence-electron chi connectivity index (χ1n) is 8.25. The van der Waals surface area contributed by atoms with Gasteiger partial charge in [0.1, 0.15) is 0 Å². The van der Waals surface area contributed by atoms with Gasteiger partial charge in [-0.2, -0.15) is 0 Å². The van der Waals surface area contributed by atoms with E-state index >= 15 is 0 Å². The van der Waals surface area contributed by atoms with Crippen molar-refractivity contribution in [2.75, 3.05) is 6.61 Å². The lowest BCUT2D eigenvalue weighted by molar-refractivity contribution is -0.102. The summed E-state index contributed by atoms with van der Waals surface area (Å²) in [5.74, 6) is 0. The zero-order chi connectivity index (χ0) is 14.2. The van der Waals surface area contributed by atoms with Crippen LogP contribution in [0.5, 0.6) is 0 Å². The van der Waals surface area contributed by atoms with Crippen LogP contribution in [0.1, 0.15) is 84.5 Å². The van der Waals surface area contributed by atoms with Crippen molar-refractivity contribution in [2.45, 2.75) is 90.8 Å². The number of rotatable bonds is 14. The first-order chi connectivity index (χ1) is 9.31. The van der Waals surface area contributed by atoms with Crippen LogP contribution < -0.4 is 0 Å². The van der Waals surface area contributed by atoms with Crippen molar-refractivity contribution in [3.63, 3.8) is 0 Å². The molecule has 1 unspecified atom stereocenters. The van der Waals surface area contributed by atoms with E-state index in [1.807, 2.05) is 0 Å². The fourth-order valence-electron chi connectivity index (χ4n) is 2.03. The first kappa shape index (κ1) is 18.7. The molecule has 0 aromatic rings. The predicted molar refractivity (Wildman–Crippen MR) is 83.2 cm³/mol. The zero-order valence-electron chi connectivity index (χ0n) is 13.1. The standard InChI is InChI=1S/C17H34O2/c1-3-5-7-9-10-12-14-16-19-17(18)15-13-11-8-6-4-2/h10,12,17-18H,3-9,11,13-16H2,1-2H3/b12-10-. The van der Waals surface area contributed by atoms with Gasteiger partial charge in [0, 0.05) is 0 Å². The van der Waals surface area contributed by atoms with E-state index in [2.05, 4.69) is 26.0 Å². The Labute approximate surface area is 120 Å². The molecule has 1 atom stereocenters. The zero-order valence-corrected chi connectivity index (χ0v) is 13.1. The van der Waals surface area contributed by atoms with E-state index in [1.54, 1.807) is 0 Å². The highest BCUT2D eigenvalue weighted by molar-refractivity contribution is 4.81. The van der Waals surface area contributed by atoms with Crippen LogP contribution in [0, 0.1) is 0 Å². The van der Waals surface area contributed by atoms with Crippen molar-refractivity contribution in [3.05, 3.63) is 12.2 Å². The third-order valence-corrected chi connectivity index (χ3v) is 3.29. The highest BCUT2D eigenvalue weighted by Gasteiger charge is 2.02. The molecular formula is C17H34O2. The molecule has 19 heavy (non-hydrogen) atoms. The summed E-state index contributed by atoms with van der Waals surface area (Å²) in [7, 11) is 0. The number of unbranched alkanes of at least 4 members (excludes halogenated alkanes) is 7. The van der Waals surface area contributed by atoms with Crippen molar-refractivity contribution in [1.82, 2.24) is 0 Å². The van der Waals surface area contributed by atoms with Gasteiger partial charge < -0.3 is 9.84 Å². The maximum atomic E-state index is 9.63. The average molecular weight is 270 g/mol. The molecule has 114 valence electrons. The van der Waals surface area contributed by atoms with Gasteiger partial charge in [-0.1, -0.05) is 64.5 Å². The van der Waals surface area contributed by atoms with Crippen LogP contribution >= 0.6 is 0 Å². The maximum Gasteiger partial charge on any atom is 0.154 e. The highest BCUT2D eigenvalue weighted by atomic mass is 16.6. The number of hydrogen-bond donors (Lipinski definition) is 1. The van der Waals surface area contributed by atoms with Crippen LogP contribution in [0.3, 0.4) is 0 Å². The van der Waals surface area contributed by atoms with E-state index in [1.165, 1.54) is 51.4 Å². The molecule has 0 aliphatic heterocycles. The monoisotopic (exact) mass is 270 g/mol. The highest BCUT2D eigenvalue weighted by Crippen LogP contribution is 2.08. The van der Waals surface area contributed by atoms with Gasteiger partial charge in [0.25, 0.3) is 0 Å². The minimum Gasteiger partial charge on any atom is -0.368 e. The Morgan fingerprint density at radius 2 is 1.47 bits per heavy atom. The van der Waals surface area contributed by atoms with Gasteiger partial charge in [-0.3, -0.25) is 0 Å². The molecule has 0 aliphatic carbocycles. The number of ether oxygens (including phenoxy) is 1. The molecule has 2 heteroatoms. The van der Waals surface area contributed by atoms with Crippen molar-refractivity contribution < 1.29 is 9.84 Å². The Kier molecular flexibility index (Phi) is 15.4. The van der Waals surface area contributed by atoms with Crippen molar-refractivity contribution in [2.24, 2.45) is 0 Å². The van der Waals surface area contributed by atoms with E-state index in [0.29, 0.717) is 6.61 Å². The topological polar surface area (TPSA) is 29.5 Å². The van der Waals surface area contributed by atoms with Gasteiger partial charge in [0.05, 0.1) is 6.61 Å². The largest absolute Gasteiger partial charge is 0.368 e. The normalized spacial score (nSPS) is 13.2. The number of aliphatic hydroxyl groups is 1. The number of allylic oxidation sites excluding steroid dienone is 1. The molecule has 0 saturated carbocycles. The lowest BCUT2D eigenvalue weighted by Crippen LogP contribution is -2.12. The first-order valence-corrected chi connectivity index (χ1v) is 8.25. The van der Waals surface area contributed by atoms with Gasteiger partial charge in [-0.05, 0) is 32.1 Å². The SMILES string of the molecule is CCCCC/C=C\CCOC(O)CCCCCCC. The lowest BCUT2D eigenvalue weighted by atomic mass is 10.1. The summed E-state index contributed by atoms with van der Waals surface area (Å²) in [6.45, 7) is 5.08. The summed E-state index contributed by atoms with van der Waals surface area (Å²) in [6, 6.07) is 0. The summed E-state index contributed by atoms with van der Waals surface area (Å²) in [4.78, 5) is 0. The molecule has 0 aliphatic rings. The van der Waals surface area contributed by atoms with E-state index < -0.39 is 6.29 Å². The van der Waals surface area contributed by atoms with Gasteiger partial charge >= 0.3 is 0 Å². The number of aliphatic hydroxyl groups excluding tert-OH is 1. The van der Waals surface area contributed by atoms with Crippen LogP contribution in [0.25, 0.3) is 0 Å². The molecule has 0 aromatic carbocycles. The summed E-state index contributed by atoms with van der Waals surface area (Å²) in [5.41, 5.74) is 0. The fraction of sp³-hybridized carbons (Fsp3) is 0.882.